The molecule has 0 bridgehead atoms. The van der Waals surface area contributed by atoms with Gasteiger partial charge >= 0.3 is 6.09 Å². The lowest BCUT2D eigenvalue weighted by Crippen LogP contribution is -2.45. The minimum Gasteiger partial charge on any atom is -0.448 e. The van der Waals surface area contributed by atoms with Gasteiger partial charge in [0.05, 0.1) is 10.7 Å². The summed E-state index contributed by atoms with van der Waals surface area (Å²) in [6.45, 7) is 6.51. The number of thiazole rings is 1. The van der Waals surface area contributed by atoms with E-state index in [1.54, 1.807) is 25.2 Å². The van der Waals surface area contributed by atoms with Crippen molar-refractivity contribution >= 4 is 17.4 Å². The number of benzene rings is 2. The highest BCUT2D eigenvalue weighted by molar-refractivity contribution is 7.09. The minimum absolute atomic E-state index is 0.0607. The molecule has 1 fully saturated rings. The standard InChI is InChI=1S/C27H30N2O3S/c1-17-12-13-18(25-28-24(16-33-25)27(2,3)31)14-29(17)26(30)32-15-23-21-10-6-4-8-19(21)20-9-5-7-11-22(20)23/h4-11,16-18,23,31H,12-15H2,1-3H3. The van der Waals surface area contributed by atoms with E-state index in [0.717, 1.165) is 17.8 Å². The van der Waals surface area contributed by atoms with Crippen molar-refractivity contribution in [1.82, 2.24) is 9.88 Å². The molecular weight excluding hydrogens is 432 g/mol. The molecule has 1 aliphatic carbocycles. The normalized spacial score (nSPS) is 20.4. The van der Waals surface area contributed by atoms with Gasteiger partial charge in [-0.05, 0) is 55.9 Å². The van der Waals surface area contributed by atoms with Crippen LogP contribution in [0.4, 0.5) is 4.79 Å². The number of likely N-dealkylation sites (tertiary alicyclic amines) is 1. The summed E-state index contributed by atoms with van der Waals surface area (Å²) >= 11 is 1.57. The number of rotatable bonds is 4. The van der Waals surface area contributed by atoms with Crippen LogP contribution in [0.5, 0.6) is 0 Å². The summed E-state index contributed by atoms with van der Waals surface area (Å²) in [5.41, 5.74) is 4.63. The van der Waals surface area contributed by atoms with Crippen LogP contribution in [-0.2, 0) is 10.3 Å². The van der Waals surface area contributed by atoms with Gasteiger partial charge in [0, 0.05) is 29.8 Å². The smallest absolute Gasteiger partial charge is 0.410 e. The summed E-state index contributed by atoms with van der Waals surface area (Å²) < 4.78 is 5.92. The van der Waals surface area contributed by atoms with Crippen molar-refractivity contribution in [2.75, 3.05) is 13.2 Å². The van der Waals surface area contributed by atoms with Gasteiger partial charge in [0.15, 0.2) is 0 Å². The Labute approximate surface area is 199 Å². The van der Waals surface area contributed by atoms with Crippen molar-refractivity contribution in [3.05, 3.63) is 75.7 Å². The summed E-state index contributed by atoms with van der Waals surface area (Å²) in [6.07, 6.45) is 1.63. The molecule has 2 atom stereocenters. The molecule has 5 nitrogen and oxygen atoms in total. The number of fused-ring (bicyclic) bond motifs is 3. The molecular formula is C27H30N2O3S. The van der Waals surface area contributed by atoms with E-state index in [1.165, 1.54) is 22.3 Å². The van der Waals surface area contributed by atoms with E-state index in [2.05, 4.69) is 48.3 Å². The maximum Gasteiger partial charge on any atom is 0.410 e. The molecule has 2 aliphatic rings. The zero-order valence-corrected chi connectivity index (χ0v) is 20.1. The highest BCUT2D eigenvalue weighted by Gasteiger charge is 2.34. The Morgan fingerprint density at radius 3 is 2.36 bits per heavy atom. The lowest BCUT2D eigenvalue weighted by Gasteiger charge is -2.36. The average molecular weight is 463 g/mol. The number of amides is 1. The molecule has 1 amide bonds. The van der Waals surface area contributed by atoms with Gasteiger partial charge in [-0.3, -0.25) is 0 Å². The summed E-state index contributed by atoms with van der Waals surface area (Å²) in [5.74, 6) is 0.230. The van der Waals surface area contributed by atoms with Crippen molar-refractivity contribution in [2.24, 2.45) is 0 Å². The highest BCUT2D eigenvalue weighted by atomic mass is 32.1. The first-order chi connectivity index (χ1) is 15.8. The number of nitrogens with zero attached hydrogens (tertiary/aromatic N) is 2. The lowest BCUT2D eigenvalue weighted by atomic mass is 9.94. The molecule has 2 unspecified atom stereocenters. The Hall–Kier alpha value is -2.70. The van der Waals surface area contributed by atoms with Gasteiger partial charge in [-0.2, -0.15) is 0 Å². The Balaban J connectivity index is 1.29. The second-order valence-corrected chi connectivity index (χ2v) is 10.6. The number of aromatic nitrogens is 1. The van der Waals surface area contributed by atoms with E-state index in [9.17, 15) is 9.90 Å². The third kappa shape index (κ3) is 4.18. The zero-order valence-electron chi connectivity index (χ0n) is 19.3. The molecule has 1 N–H and O–H groups in total. The van der Waals surface area contributed by atoms with E-state index >= 15 is 0 Å². The van der Waals surface area contributed by atoms with Crippen LogP contribution in [0.15, 0.2) is 53.9 Å². The van der Waals surface area contributed by atoms with Crippen LogP contribution in [-0.4, -0.2) is 40.3 Å². The van der Waals surface area contributed by atoms with E-state index < -0.39 is 5.60 Å². The molecule has 1 aromatic heterocycles. The number of ether oxygens (including phenoxy) is 1. The Morgan fingerprint density at radius 2 is 1.76 bits per heavy atom. The van der Waals surface area contributed by atoms with Crippen molar-refractivity contribution in [3.63, 3.8) is 0 Å². The largest absolute Gasteiger partial charge is 0.448 e. The van der Waals surface area contributed by atoms with Crippen molar-refractivity contribution < 1.29 is 14.6 Å². The lowest BCUT2D eigenvalue weighted by molar-refractivity contribution is 0.0686. The van der Waals surface area contributed by atoms with Crippen LogP contribution in [0.2, 0.25) is 0 Å². The van der Waals surface area contributed by atoms with Gasteiger partial charge in [-0.25, -0.2) is 9.78 Å². The molecule has 0 spiro atoms. The summed E-state index contributed by atoms with van der Waals surface area (Å²) in [5, 5.41) is 13.2. The first-order valence-corrected chi connectivity index (χ1v) is 12.5. The third-order valence-corrected chi connectivity index (χ3v) is 7.96. The fourth-order valence-corrected chi connectivity index (χ4v) is 6.11. The molecule has 33 heavy (non-hydrogen) atoms. The van der Waals surface area contributed by atoms with Crippen molar-refractivity contribution in [3.8, 4) is 11.1 Å². The van der Waals surface area contributed by atoms with E-state index in [0.29, 0.717) is 18.8 Å². The van der Waals surface area contributed by atoms with Crippen LogP contribution < -0.4 is 0 Å². The summed E-state index contributed by atoms with van der Waals surface area (Å²) in [7, 11) is 0. The predicted octanol–water partition coefficient (Wildman–Crippen LogP) is 5.89. The van der Waals surface area contributed by atoms with Crippen LogP contribution >= 0.6 is 11.3 Å². The third-order valence-electron chi connectivity index (χ3n) is 6.95. The first-order valence-electron chi connectivity index (χ1n) is 11.6. The van der Waals surface area contributed by atoms with Gasteiger partial charge < -0.3 is 14.7 Å². The van der Waals surface area contributed by atoms with Crippen LogP contribution in [0.3, 0.4) is 0 Å². The molecule has 2 heterocycles. The van der Waals surface area contributed by atoms with Gasteiger partial charge in [0.25, 0.3) is 0 Å². The maximum atomic E-state index is 13.2. The first kappa shape index (κ1) is 22.1. The van der Waals surface area contributed by atoms with Gasteiger partial charge in [0.2, 0.25) is 0 Å². The molecule has 5 rings (SSSR count). The molecule has 3 aromatic rings. The van der Waals surface area contributed by atoms with Crippen LogP contribution in [0, 0.1) is 0 Å². The molecule has 0 saturated carbocycles. The van der Waals surface area contributed by atoms with E-state index in [-0.39, 0.29) is 24.0 Å². The quantitative estimate of drug-likeness (QED) is 0.525. The summed E-state index contributed by atoms with van der Waals surface area (Å²) in [6, 6.07) is 16.9. The monoisotopic (exact) mass is 462 g/mol. The summed E-state index contributed by atoms with van der Waals surface area (Å²) in [4.78, 5) is 19.7. The van der Waals surface area contributed by atoms with Crippen LogP contribution in [0.1, 0.15) is 67.3 Å². The van der Waals surface area contributed by atoms with Crippen molar-refractivity contribution in [1.29, 1.82) is 0 Å². The number of carbonyl (C=O) groups is 1. The molecule has 1 saturated heterocycles. The minimum atomic E-state index is -0.955. The maximum absolute atomic E-state index is 13.2. The Kier molecular flexibility index (Phi) is 5.75. The Bertz CT molecular complexity index is 1120. The second-order valence-electron chi connectivity index (χ2n) is 9.71. The highest BCUT2D eigenvalue weighted by Crippen LogP contribution is 2.44. The average Bonchev–Trinajstić information content (AvgIpc) is 3.42. The molecule has 172 valence electrons. The van der Waals surface area contributed by atoms with Gasteiger partial charge in [-0.15, -0.1) is 11.3 Å². The van der Waals surface area contributed by atoms with Crippen molar-refractivity contribution in [2.45, 2.75) is 57.1 Å². The number of aliphatic hydroxyl groups is 1. The molecule has 1 aliphatic heterocycles. The second kappa shape index (κ2) is 8.58. The fraction of sp³-hybridized carbons (Fsp3) is 0.407. The number of piperidine rings is 1. The van der Waals surface area contributed by atoms with Gasteiger partial charge in [-0.1, -0.05) is 48.5 Å². The SMILES string of the molecule is CC1CCC(c2nc(C(C)(C)O)cs2)CN1C(=O)OCC1c2ccccc2-c2ccccc21. The zero-order chi connectivity index (χ0) is 23.2. The van der Waals surface area contributed by atoms with Crippen LogP contribution in [0.25, 0.3) is 11.1 Å². The topological polar surface area (TPSA) is 62.7 Å². The number of hydrogen-bond donors (Lipinski definition) is 1. The fourth-order valence-electron chi connectivity index (χ4n) is 5.00. The molecule has 2 aromatic carbocycles. The number of hydrogen-bond acceptors (Lipinski definition) is 5. The molecule has 6 heteroatoms. The van der Waals surface area contributed by atoms with Gasteiger partial charge in [0.1, 0.15) is 12.2 Å². The number of carbonyl (C=O) groups excluding carboxylic acids is 1. The predicted molar refractivity (Wildman–Crippen MR) is 131 cm³/mol. The van der Waals surface area contributed by atoms with E-state index in [4.69, 9.17) is 4.74 Å². The Morgan fingerprint density at radius 1 is 1.12 bits per heavy atom. The molecule has 0 radical (unpaired) electrons. The van der Waals surface area contributed by atoms with E-state index in [1.807, 2.05) is 22.4 Å².